The Hall–Kier alpha value is -2.13. The number of carbonyl (C=O) groups is 1. The lowest BCUT2D eigenvalue weighted by Gasteiger charge is -2.22. The van der Waals surface area contributed by atoms with Gasteiger partial charge in [0, 0.05) is 18.8 Å². The van der Waals surface area contributed by atoms with E-state index in [4.69, 9.17) is 5.73 Å². The first-order valence-electron chi connectivity index (χ1n) is 9.26. The molecule has 160 valence electrons. The van der Waals surface area contributed by atoms with Gasteiger partial charge in [-0.3, -0.25) is 4.79 Å². The minimum atomic E-state index is -4.46. The van der Waals surface area contributed by atoms with Crippen LogP contribution in [0.4, 0.5) is 13.2 Å². The molecule has 29 heavy (non-hydrogen) atoms. The van der Waals surface area contributed by atoms with Crippen LogP contribution in [0.25, 0.3) is 5.82 Å². The average Bonchev–Trinajstić information content (AvgIpc) is 3.24. The monoisotopic (exact) mass is 431 g/mol. The molecule has 2 unspecified atom stereocenters. The number of halogens is 4. The Bertz CT molecular complexity index is 851. The third kappa shape index (κ3) is 4.56. The zero-order chi connectivity index (χ0) is 20.6. The van der Waals surface area contributed by atoms with Crippen LogP contribution in [0.2, 0.25) is 0 Å². The van der Waals surface area contributed by atoms with Crippen molar-refractivity contribution in [3.63, 3.8) is 0 Å². The fraction of sp³-hybridized carbons (Fsp3) is 0.526. The fourth-order valence-electron chi connectivity index (χ4n) is 3.69. The molecule has 1 aliphatic heterocycles. The highest BCUT2D eigenvalue weighted by Crippen LogP contribution is 2.31. The summed E-state index contributed by atoms with van der Waals surface area (Å²) in [6.07, 6.45) is -1.35. The predicted molar refractivity (Wildman–Crippen MR) is 105 cm³/mol. The zero-order valence-corrected chi connectivity index (χ0v) is 17.3. The van der Waals surface area contributed by atoms with Crippen LogP contribution in [0, 0.1) is 5.92 Å². The maximum absolute atomic E-state index is 13.1. The van der Waals surface area contributed by atoms with E-state index in [1.54, 1.807) is 4.90 Å². The molecular weight excluding hydrogens is 407 g/mol. The summed E-state index contributed by atoms with van der Waals surface area (Å²) in [6.45, 7) is 6.93. The van der Waals surface area contributed by atoms with E-state index >= 15 is 0 Å². The number of carbonyl (C=O) groups excluding carboxylic acids is 1. The average molecular weight is 432 g/mol. The Kier molecular flexibility index (Phi) is 6.95. The molecule has 1 fully saturated rings. The molecule has 0 aromatic carbocycles. The number of hydrogen-bond donors (Lipinski definition) is 1. The van der Waals surface area contributed by atoms with Gasteiger partial charge in [0.15, 0.2) is 5.82 Å². The molecule has 2 atom stereocenters. The SMILES string of the molecule is CC(C)c1c(C(=O)N2CC(CN)CC2C)cnn1-c1ccc(C(F)(F)F)cn1.Cl. The molecular formula is C19H25ClF3N5O. The molecule has 0 aliphatic carbocycles. The van der Waals surface area contributed by atoms with Crippen molar-refractivity contribution in [2.75, 3.05) is 13.1 Å². The third-order valence-electron chi connectivity index (χ3n) is 5.13. The van der Waals surface area contributed by atoms with Crippen molar-refractivity contribution in [3.05, 3.63) is 41.3 Å². The van der Waals surface area contributed by atoms with Crippen LogP contribution in [0.1, 0.15) is 54.7 Å². The largest absolute Gasteiger partial charge is 0.417 e. The van der Waals surface area contributed by atoms with Gasteiger partial charge in [-0.05, 0) is 43.9 Å². The van der Waals surface area contributed by atoms with Crippen LogP contribution >= 0.6 is 12.4 Å². The fourth-order valence-corrected chi connectivity index (χ4v) is 3.69. The van der Waals surface area contributed by atoms with Crippen molar-refractivity contribution < 1.29 is 18.0 Å². The minimum absolute atomic E-state index is 0. The number of likely N-dealkylation sites (tertiary alicyclic amines) is 1. The summed E-state index contributed by atoms with van der Waals surface area (Å²) in [4.78, 5) is 18.8. The first-order valence-corrected chi connectivity index (χ1v) is 9.26. The van der Waals surface area contributed by atoms with Crippen molar-refractivity contribution in [3.8, 4) is 5.82 Å². The number of nitrogens with two attached hydrogens (primary N) is 1. The number of aromatic nitrogens is 3. The normalized spacial score (nSPS) is 19.5. The number of alkyl halides is 3. The minimum Gasteiger partial charge on any atom is -0.335 e. The van der Waals surface area contributed by atoms with Gasteiger partial charge in [0.25, 0.3) is 5.91 Å². The van der Waals surface area contributed by atoms with Gasteiger partial charge >= 0.3 is 6.18 Å². The van der Waals surface area contributed by atoms with E-state index in [0.29, 0.717) is 24.3 Å². The second kappa shape index (κ2) is 8.71. The maximum Gasteiger partial charge on any atom is 0.417 e. The topological polar surface area (TPSA) is 77.0 Å². The highest BCUT2D eigenvalue weighted by molar-refractivity contribution is 5.95. The highest BCUT2D eigenvalue weighted by atomic mass is 35.5. The van der Waals surface area contributed by atoms with Crippen LogP contribution in [-0.4, -0.2) is 44.7 Å². The first kappa shape index (κ1) is 23.2. The van der Waals surface area contributed by atoms with E-state index in [2.05, 4.69) is 10.1 Å². The van der Waals surface area contributed by atoms with Crippen LogP contribution in [0.15, 0.2) is 24.5 Å². The lowest BCUT2D eigenvalue weighted by molar-refractivity contribution is -0.137. The molecule has 2 aromatic heterocycles. The van der Waals surface area contributed by atoms with Crippen LogP contribution < -0.4 is 5.73 Å². The molecule has 1 saturated heterocycles. The van der Waals surface area contributed by atoms with E-state index in [1.807, 2.05) is 20.8 Å². The van der Waals surface area contributed by atoms with Crippen LogP contribution in [-0.2, 0) is 6.18 Å². The van der Waals surface area contributed by atoms with Crippen molar-refractivity contribution in [2.24, 2.45) is 11.7 Å². The van der Waals surface area contributed by atoms with E-state index in [-0.39, 0.29) is 42.0 Å². The number of nitrogens with zero attached hydrogens (tertiary/aromatic N) is 4. The summed E-state index contributed by atoms with van der Waals surface area (Å²) in [7, 11) is 0. The van der Waals surface area contributed by atoms with E-state index in [1.165, 1.54) is 16.9 Å². The Morgan fingerprint density at radius 3 is 2.48 bits per heavy atom. The van der Waals surface area contributed by atoms with Gasteiger partial charge in [-0.1, -0.05) is 13.8 Å². The van der Waals surface area contributed by atoms with Gasteiger partial charge < -0.3 is 10.6 Å². The second-order valence-corrected chi connectivity index (χ2v) is 7.56. The Balaban J connectivity index is 0.00000300. The summed E-state index contributed by atoms with van der Waals surface area (Å²) >= 11 is 0. The molecule has 2 N–H and O–H groups in total. The molecule has 0 spiro atoms. The molecule has 2 aromatic rings. The molecule has 3 rings (SSSR count). The van der Waals surface area contributed by atoms with Gasteiger partial charge in [-0.25, -0.2) is 9.67 Å². The van der Waals surface area contributed by atoms with Gasteiger partial charge in [0.05, 0.1) is 23.0 Å². The Morgan fingerprint density at radius 1 is 1.31 bits per heavy atom. The van der Waals surface area contributed by atoms with Gasteiger partial charge in [-0.15, -0.1) is 12.4 Å². The predicted octanol–water partition coefficient (Wildman–Crippen LogP) is 3.64. The lowest BCUT2D eigenvalue weighted by atomic mass is 10.0. The molecule has 3 heterocycles. The molecule has 0 radical (unpaired) electrons. The number of amides is 1. The van der Waals surface area contributed by atoms with Gasteiger partial charge in [0.1, 0.15) is 0 Å². The standard InChI is InChI=1S/C19H24F3N5O.ClH/c1-11(2)17-15(18(28)26-10-13(7-23)6-12(26)3)9-25-27(17)16-5-4-14(8-24-16)19(20,21)22;/h4-5,8-9,11-13H,6-7,10,23H2,1-3H3;1H. The lowest BCUT2D eigenvalue weighted by Crippen LogP contribution is -2.35. The Morgan fingerprint density at radius 2 is 2.00 bits per heavy atom. The Labute approximate surface area is 173 Å². The zero-order valence-electron chi connectivity index (χ0n) is 16.5. The number of pyridine rings is 1. The molecule has 6 nitrogen and oxygen atoms in total. The van der Waals surface area contributed by atoms with Gasteiger partial charge in [-0.2, -0.15) is 18.3 Å². The van der Waals surface area contributed by atoms with Crippen LogP contribution in [0.5, 0.6) is 0 Å². The van der Waals surface area contributed by atoms with E-state index < -0.39 is 11.7 Å². The maximum atomic E-state index is 13.1. The van der Waals surface area contributed by atoms with Crippen molar-refractivity contribution in [2.45, 2.75) is 45.3 Å². The molecule has 0 bridgehead atoms. The smallest absolute Gasteiger partial charge is 0.335 e. The quantitative estimate of drug-likeness (QED) is 0.801. The summed E-state index contributed by atoms with van der Waals surface area (Å²) in [5.74, 6) is 0.303. The molecule has 0 saturated carbocycles. The molecule has 1 amide bonds. The van der Waals surface area contributed by atoms with Crippen molar-refractivity contribution in [1.82, 2.24) is 19.7 Å². The highest BCUT2D eigenvalue weighted by Gasteiger charge is 2.35. The molecule has 10 heteroatoms. The summed E-state index contributed by atoms with van der Waals surface area (Å²) in [5, 5.41) is 4.26. The number of rotatable bonds is 4. The summed E-state index contributed by atoms with van der Waals surface area (Å²) < 4.78 is 39.8. The van der Waals surface area contributed by atoms with Crippen LogP contribution in [0.3, 0.4) is 0 Å². The number of hydrogen-bond acceptors (Lipinski definition) is 4. The van der Waals surface area contributed by atoms with Crippen molar-refractivity contribution in [1.29, 1.82) is 0 Å². The molecule has 1 aliphatic rings. The van der Waals surface area contributed by atoms with Crippen molar-refractivity contribution >= 4 is 18.3 Å². The van der Waals surface area contributed by atoms with Gasteiger partial charge in [0.2, 0.25) is 0 Å². The third-order valence-corrected chi connectivity index (χ3v) is 5.13. The van der Waals surface area contributed by atoms with E-state index in [9.17, 15) is 18.0 Å². The summed E-state index contributed by atoms with van der Waals surface area (Å²) in [6, 6.07) is 2.30. The second-order valence-electron chi connectivity index (χ2n) is 7.56. The van der Waals surface area contributed by atoms with E-state index in [0.717, 1.165) is 18.7 Å². The first-order chi connectivity index (χ1) is 13.1. The summed E-state index contributed by atoms with van der Waals surface area (Å²) in [5.41, 5.74) is 6.00.